The zero-order valence-electron chi connectivity index (χ0n) is 30.1. The van der Waals surface area contributed by atoms with Crippen molar-refractivity contribution in [1.82, 2.24) is 0 Å². The monoisotopic (exact) mass is 585 g/mol. The van der Waals surface area contributed by atoms with Gasteiger partial charge in [0, 0.05) is 22.3 Å². The number of aliphatic imine (C=N–C) groups is 2. The summed E-state index contributed by atoms with van der Waals surface area (Å²) in [5, 5.41) is 0. The van der Waals surface area contributed by atoms with Crippen molar-refractivity contribution in [2.24, 2.45) is 43.5 Å². The molecule has 0 aromatic carbocycles. The van der Waals surface area contributed by atoms with Crippen LogP contribution in [0.3, 0.4) is 0 Å². The maximum Gasteiger partial charge on any atom is 0.0985 e. The van der Waals surface area contributed by atoms with Gasteiger partial charge in [-0.15, -0.1) is 0 Å². The molecule has 0 aromatic heterocycles. The van der Waals surface area contributed by atoms with Crippen LogP contribution in [0.4, 0.5) is 0 Å². The fourth-order valence-corrected chi connectivity index (χ4v) is 10.3. The van der Waals surface area contributed by atoms with Gasteiger partial charge in [-0.25, -0.2) is 0 Å². The first kappa shape index (κ1) is 34.1. The number of likely N-dealkylation sites (N-methyl/N-ethyl adjacent to an activating group) is 2. The molecule has 4 rings (SSSR count). The molecule has 0 N–H and O–H groups in total. The van der Waals surface area contributed by atoms with Crippen molar-refractivity contribution < 1.29 is 8.97 Å². The van der Waals surface area contributed by atoms with Gasteiger partial charge in [-0.3, -0.25) is 9.98 Å². The quantitative estimate of drug-likeness (QED) is 0.121. The minimum Gasteiger partial charge on any atom is -0.323 e. The summed E-state index contributed by atoms with van der Waals surface area (Å²) in [6.45, 7) is 36.9. The number of quaternary nitrogens is 2. The van der Waals surface area contributed by atoms with Crippen LogP contribution in [0.2, 0.25) is 0 Å². The Kier molecular flexibility index (Phi) is 10.5. The standard InChI is InChI=1S/C38H72N4/c1-11-41(12-2,27-23-39-33-29-31-19-21-37(33,9)35(31,5)6)25-17-15-16-18-26-42(13-3,14-4)28-24-40-34-30-32-20-22-38(34,10)36(32,7)8/h31-32H,11-30H2,1-10H3/q+2/t31-,32-,37+,38+/m1/s1. The van der Waals surface area contributed by atoms with Gasteiger partial charge in [0.2, 0.25) is 0 Å². The van der Waals surface area contributed by atoms with Gasteiger partial charge >= 0.3 is 0 Å². The third-order valence-electron chi connectivity index (χ3n) is 15.5. The molecule has 4 nitrogen and oxygen atoms in total. The summed E-state index contributed by atoms with van der Waals surface area (Å²) in [7, 11) is 0. The van der Waals surface area contributed by atoms with E-state index in [-0.39, 0.29) is 0 Å². The van der Waals surface area contributed by atoms with Crippen molar-refractivity contribution >= 4 is 11.4 Å². The molecule has 242 valence electrons. The van der Waals surface area contributed by atoms with Crippen LogP contribution < -0.4 is 0 Å². The van der Waals surface area contributed by atoms with Gasteiger partial charge in [0.05, 0.1) is 65.4 Å². The van der Waals surface area contributed by atoms with Crippen LogP contribution in [-0.2, 0) is 0 Å². The van der Waals surface area contributed by atoms with Crippen molar-refractivity contribution in [3.63, 3.8) is 0 Å². The highest BCUT2D eigenvalue weighted by atomic mass is 15.4. The second-order valence-corrected chi connectivity index (χ2v) is 16.9. The van der Waals surface area contributed by atoms with Gasteiger partial charge < -0.3 is 8.97 Å². The fraction of sp³-hybridized carbons (Fsp3) is 0.947. The van der Waals surface area contributed by atoms with E-state index in [1.54, 1.807) is 11.4 Å². The van der Waals surface area contributed by atoms with E-state index in [2.05, 4.69) is 69.2 Å². The van der Waals surface area contributed by atoms with Crippen LogP contribution in [0, 0.1) is 33.5 Å². The molecule has 0 aliphatic heterocycles. The van der Waals surface area contributed by atoms with Crippen LogP contribution >= 0.6 is 0 Å². The molecule has 4 bridgehead atoms. The Balaban J connectivity index is 1.19. The molecule has 4 aliphatic rings. The summed E-state index contributed by atoms with van der Waals surface area (Å²) in [5.41, 5.74) is 4.71. The molecule has 0 saturated heterocycles. The second-order valence-electron chi connectivity index (χ2n) is 16.9. The molecule has 42 heavy (non-hydrogen) atoms. The molecule has 0 heterocycles. The predicted molar refractivity (Wildman–Crippen MR) is 184 cm³/mol. The number of hydrogen-bond donors (Lipinski definition) is 0. The van der Waals surface area contributed by atoms with Gasteiger partial charge in [0.1, 0.15) is 0 Å². The first-order chi connectivity index (χ1) is 19.8. The Morgan fingerprint density at radius 1 is 0.548 bits per heavy atom. The number of hydrogen-bond acceptors (Lipinski definition) is 2. The SMILES string of the molecule is CC[N+](CC)(CCCCCC[N+](CC)(CC)CCN=C1C[C@H]2CC[C@]1(C)C2(C)C)CCN=C1C[C@H]2CC[C@]1(C)C2(C)C. The highest BCUT2D eigenvalue weighted by Gasteiger charge is 2.60. The Labute approximate surface area is 262 Å². The van der Waals surface area contributed by atoms with E-state index in [1.165, 1.54) is 126 Å². The number of nitrogens with zero attached hydrogens (tertiary/aromatic N) is 4. The number of unbranched alkanes of at least 4 members (excludes halogenated alkanes) is 3. The normalized spacial score (nSPS) is 33.5. The molecular weight excluding hydrogens is 512 g/mol. The van der Waals surface area contributed by atoms with Gasteiger partial charge in [-0.05, 0) is 115 Å². The van der Waals surface area contributed by atoms with E-state index < -0.39 is 0 Å². The minimum atomic E-state index is 0.356. The maximum atomic E-state index is 5.32. The Bertz CT molecular complexity index is 890. The molecule has 4 heteroatoms. The average molecular weight is 585 g/mol. The van der Waals surface area contributed by atoms with Crippen molar-refractivity contribution in [3.05, 3.63) is 0 Å². The zero-order chi connectivity index (χ0) is 30.9. The first-order valence-corrected chi connectivity index (χ1v) is 18.6. The highest BCUT2D eigenvalue weighted by Crippen LogP contribution is 2.65. The Morgan fingerprint density at radius 3 is 1.17 bits per heavy atom. The maximum absolute atomic E-state index is 5.32. The summed E-state index contributed by atoms with van der Waals surface area (Å²) in [5.74, 6) is 1.73. The molecule has 0 aromatic rings. The Morgan fingerprint density at radius 2 is 0.905 bits per heavy atom. The van der Waals surface area contributed by atoms with Crippen LogP contribution in [0.5, 0.6) is 0 Å². The van der Waals surface area contributed by atoms with Crippen molar-refractivity contribution in [3.8, 4) is 0 Å². The van der Waals surface area contributed by atoms with Crippen LogP contribution in [-0.4, -0.2) is 85.8 Å². The lowest BCUT2D eigenvalue weighted by Gasteiger charge is -2.38. The van der Waals surface area contributed by atoms with Crippen LogP contribution in [0.25, 0.3) is 0 Å². The van der Waals surface area contributed by atoms with Crippen molar-refractivity contribution in [2.75, 3.05) is 65.4 Å². The summed E-state index contributed by atoms with van der Waals surface area (Å²) in [6, 6.07) is 0. The van der Waals surface area contributed by atoms with E-state index in [4.69, 9.17) is 9.98 Å². The second kappa shape index (κ2) is 12.9. The summed E-state index contributed by atoms with van der Waals surface area (Å²) in [4.78, 5) is 10.6. The Hall–Kier alpha value is -0.740. The highest BCUT2D eigenvalue weighted by molar-refractivity contribution is 5.94. The van der Waals surface area contributed by atoms with Crippen molar-refractivity contribution in [2.45, 2.75) is 133 Å². The topological polar surface area (TPSA) is 24.7 Å². The van der Waals surface area contributed by atoms with E-state index in [0.717, 1.165) is 24.9 Å². The molecular formula is C38H72N4+2. The first-order valence-electron chi connectivity index (χ1n) is 18.6. The van der Waals surface area contributed by atoms with E-state index in [9.17, 15) is 0 Å². The predicted octanol–water partition coefficient (Wildman–Crippen LogP) is 8.83. The molecule has 0 unspecified atom stereocenters. The lowest BCUT2D eigenvalue weighted by molar-refractivity contribution is -0.924. The lowest BCUT2D eigenvalue weighted by atomic mass is 9.70. The third-order valence-corrected chi connectivity index (χ3v) is 15.5. The average Bonchev–Trinajstić information content (AvgIpc) is 3.49. The fourth-order valence-electron chi connectivity index (χ4n) is 10.3. The summed E-state index contributed by atoms with van der Waals surface area (Å²) >= 11 is 0. The third kappa shape index (κ3) is 5.95. The van der Waals surface area contributed by atoms with Gasteiger partial charge in [-0.2, -0.15) is 0 Å². The largest absolute Gasteiger partial charge is 0.323 e. The number of rotatable bonds is 17. The van der Waals surface area contributed by atoms with E-state index >= 15 is 0 Å². The van der Waals surface area contributed by atoms with Gasteiger partial charge in [0.15, 0.2) is 0 Å². The van der Waals surface area contributed by atoms with Gasteiger partial charge in [0.25, 0.3) is 0 Å². The molecule has 4 fully saturated rings. The summed E-state index contributed by atoms with van der Waals surface area (Å²) < 4.78 is 2.50. The summed E-state index contributed by atoms with van der Waals surface area (Å²) in [6.07, 6.45) is 13.6. The molecule has 0 spiro atoms. The van der Waals surface area contributed by atoms with E-state index in [0.29, 0.717) is 21.7 Å². The van der Waals surface area contributed by atoms with Gasteiger partial charge in [-0.1, -0.05) is 41.5 Å². The zero-order valence-corrected chi connectivity index (χ0v) is 30.1. The molecule has 0 radical (unpaired) electrons. The van der Waals surface area contributed by atoms with Crippen molar-refractivity contribution in [1.29, 1.82) is 0 Å². The van der Waals surface area contributed by atoms with Crippen LogP contribution in [0.1, 0.15) is 133 Å². The van der Waals surface area contributed by atoms with E-state index in [1.807, 2.05) is 0 Å². The minimum absolute atomic E-state index is 0.356. The molecule has 4 saturated carbocycles. The van der Waals surface area contributed by atoms with Crippen LogP contribution in [0.15, 0.2) is 9.98 Å². The smallest absolute Gasteiger partial charge is 0.0985 e. The molecule has 4 atom stereocenters. The lowest BCUT2D eigenvalue weighted by Crippen LogP contribution is -2.50. The molecule has 0 amide bonds. The molecule has 4 aliphatic carbocycles. The number of fused-ring (bicyclic) bond motifs is 4.